The molecule has 0 bridgehead atoms. The number of benzene rings is 1. The van der Waals surface area contributed by atoms with Crippen LogP contribution in [0.4, 0.5) is 0 Å². The lowest BCUT2D eigenvalue weighted by atomic mass is 9.73. The standard InChI is InChI=1S/C16H21NO2/c1-15(2,3)12-5-6-14(18-4)13(9-12)16(7-8-17)10-19-11-16/h5-6,9H,7,10-11H2,1-4H3. The molecule has 102 valence electrons. The fourth-order valence-electron chi connectivity index (χ4n) is 2.44. The van der Waals surface area contributed by atoms with E-state index in [9.17, 15) is 0 Å². The van der Waals surface area contributed by atoms with Crippen LogP contribution in [0.2, 0.25) is 0 Å². The van der Waals surface area contributed by atoms with Crippen molar-refractivity contribution >= 4 is 0 Å². The highest BCUT2D eigenvalue weighted by Crippen LogP contribution is 2.42. The van der Waals surface area contributed by atoms with Gasteiger partial charge >= 0.3 is 0 Å². The third kappa shape index (κ3) is 2.46. The van der Waals surface area contributed by atoms with Crippen molar-refractivity contribution in [2.24, 2.45) is 0 Å². The molecule has 0 amide bonds. The van der Waals surface area contributed by atoms with Crippen molar-refractivity contribution in [3.8, 4) is 11.8 Å². The number of nitriles is 1. The SMILES string of the molecule is COc1ccc(C(C)(C)C)cc1C1(CC#N)COC1. The van der Waals surface area contributed by atoms with Crippen LogP contribution in [-0.4, -0.2) is 20.3 Å². The van der Waals surface area contributed by atoms with Crippen LogP contribution in [0.5, 0.6) is 5.75 Å². The van der Waals surface area contributed by atoms with Gasteiger partial charge in [0.05, 0.1) is 31.8 Å². The summed E-state index contributed by atoms with van der Waals surface area (Å²) < 4.78 is 10.8. The Balaban J connectivity index is 2.51. The maximum atomic E-state index is 9.07. The Morgan fingerprint density at radius 3 is 2.47 bits per heavy atom. The van der Waals surface area contributed by atoms with Crippen LogP contribution >= 0.6 is 0 Å². The van der Waals surface area contributed by atoms with Crippen LogP contribution in [0.1, 0.15) is 38.3 Å². The van der Waals surface area contributed by atoms with Gasteiger partial charge in [0.1, 0.15) is 5.75 Å². The predicted octanol–water partition coefficient (Wildman–Crippen LogP) is 3.17. The molecular formula is C16H21NO2. The van der Waals surface area contributed by atoms with Gasteiger partial charge in [-0.3, -0.25) is 0 Å². The average molecular weight is 259 g/mol. The van der Waals surface area contributed by atoms with E-state index in [1.54, 1.807) is 7.11 Å². The Bertz CT molecular complexity index is 504. The summed E-state index contributed by atoms with van der Waals surface area (Å²) >= 11 is 0. The summed E-state index contributed by atoms with van der Waals surface area (Å²) in [5.41, 5.74) is 2.25. The minimum absolute atomic E-state index is 0.0828. The molecule has 0 saturated carbocycles. The number of hydrogen-bond acceptors (Lipinski definition) is 3. The van der Waals surface area contributed by atoms with Gasteiger partial charge in [-0.15, -0.1) is 0 Å². The van der Waals surface area contributed by atoms with Crippen LogP contribution < -0.4 is 4.74 Å². The molecule has 0 radical (unpaired) electrons. The van der Waals surface area contributed by atoms with Gasteiger partial charge in [-0.1, -0.05) is 32.9 Å². The molecule has 1 aromatic rings. The van der Waals surface area contributed by atoms with Gasteiger partial charge in [0, 0.05) is 12.0 Å². The molecule has 19 heavy (non-hydrogen) atoms. The molecule has 1 aromatic carbocycles. The number of ether oxygens (including phenoxy) is 2. The molecule has 3 heteroatoms. The quantitative estimate of drug-likeness (QED) is 0.837. The first-order valence-electron chi connectivity index (χ1n) is 6.57. The molecule has 1 heterocycles. The Morgan fingerprint density at radius 2 is 2.05 bits per heavy atom. The Morgan fingerprint density at radius 1 is 1.37 bits per heavy atom. The first-order chi connectivity index (χ1) is 8.93. The number of methoxy groups -OCH3 is 1. The zero-order valence-electron chi connectivity index (χ0n) is 12.1. The Labute approximate surface area is 115 Å². The molecule has 0 unspecified atom stereocenters. The van der Waals surface area contributed by atoms with Gasteiger partial charge in [0.2, 0.25) is 0 Å². The van der Waals surface area contributed by atoms with Crippen molar-refractivity contribution in [3.05, 3.63) is 29.3 Å². The van der Waals surface area contributed by atoms with Gasteiger partial charge < -0.3 is 9.47 Å². The van der Waals surface area contributed by atoms with Crippen molar-refractivity contribution in [2.75, 3.05) is 20.3 Å². The summed E-state index contributed by atoms with van der Waals surface area (Å²) in [5, 5.41) is 9.07. The highest BCUT2D eigenvalue weighted by Gasteiger charge is 2.42. The maximum Gasteiger partial charge on any atom is 0.122 e. The molecule has 0 N–H and O–H groups in total. The van der Waals surface area contributed by atoms with Gasteiger partial charge in [0.25, 0.3) is 0 Å². The monoisotopic (exact) mass is 259 g/mol. The van der Waals surface area contributed by atoms with E-state index in [4.69, 9.17) is 14.7 Å². The van der Waals surface area contributed by atoms with E-state index in [-0.39, 0.29) is 10.8 Å². The molecule has 1 fully saturated rings. The van der Waals surface area contributed by atoms with E-state index in [1.165, 1.54) is 5.56 Å². The summed E-state index contributed by atoms with van der Waals surface area (Å²) in [5.74, 6) is 0.853. The van der Waals surface area contributed by atoms with Gasteiger partial charge in [-0.05, 0) is 17.0 Å². The second-order valence-corrected chi connectivity index (χ2v) is 6.27. The zero-order chi connectivity index (χ0) is 14.1. The summed E-state index contributed by atoms with van der Waals surface area (Å²) in [7, 11) is 1.68. The first-order valence-corrected chi connectivity index (χ1v) is 6.57. The van der Waals surface area contributed by atoms with E-state index in [0.29, 0.717) is 19.6 Å². The zero-order valence-corrected chi connectivity index (χ0v) is 12.1. The molecule has 3 nitrogen and oxygen atoms in total. The Kier molecular flexibility index (Phi) is 3.56. The van der Waals surface area contributed by atoms with Crippen LogP contribution in [0.3, 0.4) is 0 Å². The fraction of sp³-hybridized carbons (Fsp3) is 0.562. The predicted molar refractivity (Wildman–Crippen MR) is 74.4 cm³/mol. The van der Waals surface area contributed by atoms with Gasteiger partial charge in [-0.25, -0.2) is 0 Å². The molecule has 0 atom stereocenters. The van der Waals surface area contributed by atoms with E-state index in [0.717, 1.165) is 11.3 Å². The van der Waals surface area contributed by atoms with E-state index in [1.807, 2.05) is 6.07 Å². The normalized spacial score (nSPS) is 17.4. The molecule has 2 rings (SSSR count). The summed E-state index contributed by atoms with van der Waals surface area (Å²) in [4.78, 5) is 0. The second-order valence-electron chi connectivity index (χ2n) is 6.27. The molecular weight excluding hydrogens is 238 g/mol. The van der Waals surface area contributed by atoms with Gasteiger partial charge in [-0.2, -0.15) is 5.26 Å². The molecule has 1 aliphatic rings. The highest BCUT2D eigenvalue weighted by atomic mass is 16.5. The Hall–Kier alpha value is -1.53. The van der Waals surface area contributed by atoms with E-state index >= 15 is 0 Å². The van der Waals surface area contributed by atoms with Gasteiger partial charge in [0.15, 0.2) is 0 Å². The lowest BCUT2D eigenvalue weighted by Gasteiger charge is -2.41. The molecule has 1 saturated heterocycles. The average Bonchev–Trinajstić information content (AvgIpc) is 2.32. The molecule has 0 spiro atoms. The lowest BCUT2D eigenvalue weighted by molar-refractivity contribution is -0.0586. The number of hydrogen-bond donors (Lipinski definition) is 0. The summed E-state index contributed by atoms with van der Waals surface area (Å²) in [6.45, 7) is 7.77. The fourth-order valence-corrected chi connectivity index (χ4v) is 2.44. The highest BCUT2D eigenvalue weighted by molar-refractivity contribution is 5.46. The lowest BCUT2D eigenvalue weighted by Crippen LogP contribution is -2.46. The van der Waals surface area contributed by atoms with E-state index in [2.05, 4.69) is 39.0 Å². The molecule has 0 aliphatic carbocycles. The third-order valence-corrected chi connectivity index (χ3v) is 3.81. The van der Waals surface area contributed by atoms with Crippen molar-refractivity contribution in [1.82, 2.24) is 0 Å². The number of rotatable bonds is 3. The van der Waals surface area contributed by atoms with Crippen molar-refractivity contribution < 1.29 is 9.47 Å². The van der Waals surface area contributed by atoms with E-state index < -0.39 is 0 Å². The maximum absolute atomic E-state index is 9.07. The largest absolute Gasteiger partial charge is 0.496 e. The van der Waals surface area contributed by atoms with Crippen LogP contribution in [0, 0.1) is 11.3 Å². The summed E-state index contributed by atoms with van der Waals surface area (Å²) in [6.07, 6.45) is 0.469. The van der Waals surface area contributed by atoms with Crippen LogP contribution in [-0.2, 0) is 15.6 Å². The third-order valence-electron chi connectivity index (χ3n) is 3.81. The van der Waals surface area contributed by atoms with Crippen LogP contribution in [0.25, 0.3) is 0 Å². The minimum Gasteiger partial charge on any atom is -0.496 e. The first kappa shape index (κ1) is 13.9. The minimum atomic E-state index is -0.193. The molecule has 0 aromatic heterocycles. The van der Waals surface area contributed by atoms with Crippen molar-refractivity contribution in [1.29, 1.82) is 5.26 Å². The molecule has 1 aliphatic heterocycles. The van der Waals surface area contributed by atoms with Crippen molar-refractivity contribution in [3.63, 3.8) is 0 Å². The number of nitrogens with zero attached hydrogens (tertiary/aromatic N) is 1. The topological polar surface area (TPSA) is 42.2 Å². The summed E-state index contributed by atoms with van der Waals surface area (Å²) in [6, 6.07) is 8.57. The van der Waals surface area contributed by atoms with Crippen molar-refractivity contribution in [2.45, 2.75) is 38.0 Å². The van der Waals surface area contributed by atoms with Crippen LogP contribution in [0.15, 0.2) is 18.2 Å². The second kappa shape index (κ2) is 4.86. The smallest absolute Gasteiger partial charge is 0.122 e.